The predicted octanol–water partition coefficient (Wildman–Crippen LogP) is 9.46. The van der Waals surface area contributed by atoms with Crippen molar-refractivity contribution in [3.8, 4) is 0 Å². The molecule has 6 aromatic carbocycles. The summed E-state index contributed by atoms with van der Waals surface area (Å²) in [6.45, 7) is 0. The van der Waals surface area contributed by atoms with Gasteiger partial charge in [-0.25, -0.2) is 0 Å². The van der Waals surface area contributed by atoms with E-state index < -0.39 is 11.1 Å². The van der Waals surface area contributed by atoms with E-state index in [1.165, 1.54) is 46.2 Å². The average Bonchev–Trinajstić information content (AvgIpc) is 3.15. The molecule has 0 aliphatic heterocycles. The second kappa shape index (κ2) is 13.7. The number of nitrogens with one attached hydrogen (secondary N) is 2. The summed E-state index contributed by atoms with van der Waals surface area (Å²) in [5.74, 6) is 0. The van der Waals surface area contributed by atoms with Gasteiger partial charge in [-0.2, -0.15) is 0 Å². The quantitative estimate of drug-likeness (QED) is 0.154. The first kappa shape index (κ1) is 29.9. The molecule has 7 rings (SSSR count). The maximum absolute atomic E-state index is 4.38. The van der Waals surface area contributed by atoms with Crippen molar-refractivity contribution >= 4 is 0 Å². The first-order valence-corrected chi connectivity index (χ1v) is 16.7. The molecule has 2 nitrogen and oxygen atoms in total. The molecule has 6 aromatic rings. The van der Waals surface area contributed by atoms with E-state index in [0.29, 0.717) is 0 Å². The van der Waals surface area contributed by atoms with E-state index >= 15 is 0 Å². The Morgan fingerprint density at radius 2 is 0.500 bits per heavy atom. The Balaban J connectivity index is 1.39. The third kappa shape index (κ3) is 5.71. The van der Waals surface area contributed by atoms with Crippen LogP contribution in [0, 0.1) is 0 Å². The molecule has 0 aromatic heterocycles. The standard InChI is InChI=1S/C44H42N2/c1-7-21-35(22-8-1)43(36-23-9-2-10-24-36,37-25-11-3-12-26-37)45-41-33-19-20-34-42(41)46-44(38-27-13-4-14-28-38,39-29-15-5-16-30-39)40-31-17-6-18-32-40/h1-18,21-32,41-42,45-46H,19-20,33-34H2/t41-,42-/m1/s1. The van der Waals surface area contributed by atoms with Gasteiger partial charge in [-0.1, -0.05) is 195 Å². The lowest BCUT2D eigenvalue weighted by Gasteiger charge is -2.47. The molecule has 2 N–H and O–H groups in total. The lowest BCUT2D eigenvalue weighted by molar-refractivity contribution is 0.221. The lowest BCUT2D eigenvalue weighted by atomic mass is 9.73. The SMILES string of the molecule is c1ccc(C(N[C@@H]2CCCC[C@H]2NC(c2ccccc2)(c2ccccc2)c2ccccc2)(c2ccccc2)c2ccccc2)cc1. The highest BCUT2D eigenvalue weighted by atomic mass is 15.1. The van der Waals surface area contributed by atoms with Crippen LogP contribution in [0.15, 0.2) is 182 Å². The van der Waals surface area contributed by atoms with Crippen LogP contribution in [-0.2, 0) is 11.1 Å². The molecular weight excluding hydrogens is 556 g/mol. The molecule has 1 saturated carbocycles. The summed E-state index contributed by atoms with van der Waals surface area (Å²) < 4.78 is 0. The summed E-state index contributed by atoms with van der Waals surface area (Å²) >= 11 is 0. The molecule has 228 valence electrons. The zero-order valence-corrected chi connectivity index (χ0v) is 26.3. The van der Waals surface area contributed by atoms with Crippen molar-refractivity contribution in [1.29, 1.82) is 0 Å². The van der Waals surface area contributed by atoms with Gasteiger partial charge in [0.1, 0.15) is 0 Å². The van der Waals surface area contributed by atoms with Crippen molar-refractivity contribution in [1.82, 2.24) is 10.6 Å². The summed E-state index contributed by atoms with van der Waals surface area (Å²) in [5.41, 5.74) is 6.43. The molecule has 0 bridgehead atoms. The van der Waals surface area contributed by atoms with Crippen molar-refractivity contribution in [2.45, 2.75) is 48.8 Å². The van der Waals surface area contributed by atoms with Gasteiger partial charge in [0.15, 0.2) is 0 Å². The predicted molar refractivity (Wildman–Crippen MR) is 191 cm³/mol. The van der Waals surface area contributed by atoms with E-state index in [9.17, 15) is 0 Å². The van der Waals surface area contributed by atoms with Crippen molar-refractivity contribution in [2.24, 2.45) is 0 Å². The van der Waals surface area contributed by atoms with Crippen molar-refractivity contribution in [3.63, 3.8) is 0 Å². The van der Waals surface area contributed by atoms with Gasteiger partial charge in [0, 0.05) is 12.1 Å². The van der Waals surface area contributed by atoms with Crippen LogP contribution in [0.4, 0.5) is 0 Å². The summed E-state index contributed by atoms with van der Waals surface area (Å²) in [4.78, 5) is 0. The van der Waals surface area contributed by atoms with Gasteiger partial charge in [-0.3, -0.25) is 10.6 Å². The molecule has 2 heteroatoms. The van der Waals surface area contributed by atoms with Gasteiger partial charge in [-0.15, -0.1) is 0 Å². The molecule has 0 amide bonds. The van der Waals surface area contributed by atoms with Crippen LogP contribution in [0.25, 0.3) is 0 Å². The molecule has 1 aliphatic rings. The fourth-order valence-corrected chi connectivity index (χ4v) is 7.66. The van der Waals surface area contributed by atoms with Crippen LogP contribution in [-0.4, -0.2) is 12.1 Å². The van der Waals surface area contributed by atoms with Gasteiger partial charge in [-0.05, 0) is 46.2 Å². The molecule has 2 atom stereocenters. The second-order valence-electron chi connectivity index (χ2n) is 12.5. The lowest BCUT2D eigenvalue weighted by Crippen LogP contribution is -2.61. The summed E-state index contributed by atoms with van der Waals surface area (Å²) in [6.07, 6.45) is 4.55. The van der Waals surface area contributed by atoms with Gasteiger partial charge in [0.05, 0.1) is 11.1 Å². The van der Waals surface area contributed by atoms with E-state index in [1.807, 2.05) is 0 Å². The zero-order chi connectivity index (χ0) is 31.1. The number of benzene rings is 6. The first-order valence-electron chi connectivity index (χ1n) is 16.7. The van der Waals surface area contributed by atoms with Crippen molar-refractivity contribution in [2.75, 3.05) is 0 Å². The van der Waals surface area contributed by atoms with Crippen LogP contribution in [0.2, 0.25) is 0 Å². The minimum absolute atomic E-state index is 0.199. The molecule has 46 heavy (non-hydrogen) atoms. The number of hydrogen-bond acceptors (Lipinski definition) is 2. The summed E-state index contributed by atoms with van der Waals surface area (Å²) in [7, 11) is 0. The average molecular weight is 599 g/mol. The number of rotatable bonds is 10. The Labute approximate surface area is 274 Å². The molecule has 0 radical (unpaired) electrons. The minimum Gasteiger partial charge on any atom is -0.296 e. The first-order chi connectivity index (χ1) is 22.8. The van der Waals surface area contributed by atoms with Gasteiger partial charge < -0.3 is 0 Å². The summed E-state index contributed by atoms with van der Waals surface area (Å²) in [5, 5.41) is 8.77. The maximum atomic E-state index is 4.38. The van der Waals surface area contributed by atoms with Gasteiger partial charge >= 0.3 is 0 Å². The molecular formula is C44H42N2. The molecule has 1 aliphatic carbocycles. The minimum atomic E-state index is -0.527. The Bertz CT molecular complexity index is 1440. The van der Waals surface area contributed by atoms with E-state index in [4.69, 9.17) is 0 Å². The molecule has 0 heterocycles. The van der Waals surface area contributed by atoms with Crippen LogP contribution < -0.4 is 10.6 Å². The molecule has 0 saturated heterocycles. The second-order valence-corrected chi connectivity index (χ2v) is 12.5. The normalized spacial score (nSPS) is 17.0. The van der Waals surface area contributed by atoms with Crippen molar-refractivity contribution in [3.05, 3.63) is 215 Å². The highest BCUT2D eigenvalue weighted by Crippen LogP contribution is 2.41. The zero-order valence-electron chi connectivity index (χ0n) is 26.3. The van der Waals surface area contributed by atoms with Crippen LogP contribution in [0.3, 0.4) is 0 Å². The van der Waals surface area contributed by atoms with E-state index in [0.717, 1.165) is 12.8 Å². The van der Waals surface area contributed by atoms with Gasteiger partial charge in [0.25, 0.3) is 0 Å². The molecule has 0 unspecified atom stereocenters. The van der Waals surface area contributed by atoms with E-state index in [1.54, 1.807) is 0 Å². The Kier molecular flexibility index (Phi) is 8.91. The van der Waals surface area contributed by atoms with Crippen LogP contribution >= 0.6 is 0 Å². The smallest absolute Gasteiger partial charge is 0.0950 e. The van der Waals surface area contributed by atoms with Crippen LogP contribution in [0.1, 0.15) is 59.1 Å². The summed E-state index contributed by atoms with van der Waals surface area (Å²) in [6, 6.07) is 66.4. The largest absolute Gasteiger partial charge is 0.296 e. The number of hydrogen-bond donors (Lipinski definition) is 2. The Morgan fingerprint density at radius 1 is 0.304 bits per heavy atom. The van der Waals surface area contributed by atoms with Crippen molar-refractivity contribution < 1.29 is 0 Å². The van der Waals surface area contributed by atoms with Crippen LogP contribution in [0.5, 0.6) is 0 Å². The highest BCUT2D eigenvalue weighted by molar-refractivity contribution is 5.51. The fourth-order valence-electron chi connectivity index (χ4n) is 7.66. The topological polar surface area (TPSA) is 24.1 Å². The fraction of sp³-hybridized carbons (Fsp3) is 0.182. The Hall–Kier alpha value is -4.76. The monoisotopic (exact) mass is 598 g/mol. The third-order valence-electron chi connectivity index (χ3n) is 9.81. The Morgan fingerprint density at radius 3 is 0.696 bits per heavy atom. The van der Waals surface area contributed by atoms with Gasteiger partial charge in [0.2, 0.25) is 0 Å². The van der Waals surface area contributed by atoms with E-state index in [-0.39, 0.29) is 12.1 Å². The molecule has 1 fully saturated rings. The maximum Gasteiger partial charge on any atom is 0.0950 e. The molecule has 0 spiro atoms. The third-order valence-corrected chi connectivity index (χ3v) is 9.81. The van der Waals surface area contributed by atoms with E-state index in [2.05, 4.69) is 193 Å². The highest BCUT2D eigenvalue weighted by Gasteiger charge is 2.44.